The third kappa shape index (κ3) is 3.37. The Kier molecular flexibility index (Phi) is 4.38. The first kappa shape index (κ1) is 14.8. The summed E-state index contributed by atoms with van der Waals surface area (Å²) in [5.41, 5.74) is -0.102. The molecule has 0 fully saturated rings. The molecule has 0 saturated heterocycles. The van der Waals surface area contributed by atoms with E-state index >= 15 is 0 Å². The van der Waals surface area contributed by atoms with E-state index in [0.29, 0.717) is 0 Å². The van der Waals surface area contributed by atoms with E-state index < -0.39 is 18.1 Å². The van der Waals surface area contributed by atoms with Gasteiger partial charge < -0.3 is 9.47 Å². The Bertz CT molecular complexity index is 532. The number of hydrogen-bond donors (Lipinski definition) is 0. The molecule has 0 N–H and O–H groups in total. The first-order valence-electron chi connectivity index (χ1n) is 5.24. The zero-order chi connectivity index (χ0) is 14.6. The molecule has 1 aromatic carbocycles. The van der Waals surface area contributed by atoms with Crippen molar-refractivity contribution in [3.8, 4) is 11.8 Å². The van der Waals surface area contributed by atoms with E-state index in [1.165, 1.54) is 0 Å². The highest BCUT2D eigenvalue weighted by Gasteiger charge is 2.33. The molecule has 0 radical (unpaired) electrons. The van der Waals surface area contributed by atoms with E-state index in [0.717, 1.165) is 19.2 Å². The van der Waals surface area contributed by atoms with E-state index in [-0.39, 0.29) is 23.1 Å². The van der Waals surface area contributed by atoms with Crippen molar-refractivity contribution in [1.29, 1.82) is 5.26 Å². The summed E-state index contributed by atoms with van der Waals surface area (Å²) in [5, 5.41) is 8.96. The number of ether oxygens (including phenoxy) is 2. The first-order chi connectivity index (χ1) is 8.84. The van der Waals surface area contributed by atoms with Gasteiger partial charge in [-0.05, 0) is 24.1 Å². The summed E-state index contributed by atoms with van der Waals surface area (Å²) >= 11 is 0. The number of nitrogens with zero attached hydrogens (tertiary/aromatic N) is 1. The van der Waals surface area contributed by atoms with Crippen molar-refractivity contribution in [2.24, 2.45) is 0 Å². The van der Waals surface area contributed by atoms with Crippen LogP contribution in [0.1, 0.15) is 28.4 Å². The molecule has 4 nitrogen and oxygen atoms in total. The molecule has 0 aliphatic carbocycles. The number of benzene rings is 1. The average Bonchev–Trinajstić information content (AvgIpc) is 2.35. The van der Waals surface area contributed by atoms with Crippen molar-refractivity contribution in [1.82, 2.24) is 0 Å². The fraction of sp³-hybridized carbons (Fsp3) is 0.333. The Hall–Kier alpha value is -2.23. The normalized spacial score (nSPS) is 10.7. The molecular formula is C12H10F3NO3. The second-order valence-electron chi connectivity index (χ2n) is 3.47. The lowest BCUT2D eigenvalue weighted by molar-refractivity contribution is -0.274. The molecule has 0 bridgehead atoms. The SMILES string of the molecule is CCc1c(C(=O)OC)ccc(OC(F)(F)F)c1C#N. The van der Waals surface area contributed by atoms with E-state index in [1.54, 1.807) is 13.0 Å². The fourth-order valence-electron chi connectivity index (χ4n) is 1.63. The molecule has 0 aromatic heterocycles. The number of carbonyl (C=O) groups excluding carboxylic acids is 1. The van der Waals surface area contributed by atoms with Gasteiger partial charge in [0.1, 0.15) is 11.8 Å². The topological polar surface area (TPSA) is 59.3 Å². The Morgan fingerprint density at radius 2 is 2.05 bits per heavy atom. The van der Waals surface area contributed by atoms with Crippen LogP contribution in [-0.2, 0) is 11.2 Å². The van der Waals surface area contributed by atoms with Gasteiger partial charge in [-0.25, -0.2) is 4.79 Å². The van der Waals surface area contributed by atoms with E-state index in [1.807, 2.05) is 0 Å². The summed E-state index contributed by atoms with van der Waals surface area (Å²) in [5.74, 6) is -1.34. The molecule has 0 aliphatic heterocycles. The van der Waals surface area contributed by atoms with Crippen molar-refractivity contribution < 1.29 is 27.4 Å². The lowest BCUT2D eigenvalue weighted by Gasteiger charge is -2.14. The Balaban J connectivity index is 3.40. The minimum Gasteiger partial charge on any atom is -0.465 e. The van der Waals surface area contributed by atoms with E-state index in [2.05, 4.69) is 9.47 Å². The highest BCUT2D eigenvalue weighted by atomic mass is 19.4. The molecule has 0 amide bonds. The summed E-state index contributed by atoms with van der Waals surface area (Å²) in [4.78, 5) is 11.5. The number of esters is 1. The van der Waals surface area contributed by atoms with Crippen LogP contribution >= 0.6 is 0 Å². The van der Waals surface area contributed by atoms with Gasteiger partial charge >= 0.3 is 12.3 Å². The van der Waals surface area contributed by atoms with Crippen LogP contribution in [0.15, 0.2) is 12.1 Å². The molecule has 0 heterocycles. The van der Waals surface area contributed by atoms with Gasteiger partial charge in [-0.2, -0.15) is 5.26 Å². The molecule has 19 heavy (non-hydrogen) atoms. The lowest BCUT2D eigenvalue weighted by atomic mass is 9.98. The maximum Gasteiger partial charge on any atom is 0.573 e. The van der Waals surface area contributed by atoms with Crippen molar-refractivity contribution >= 4 is 5.97 Å². The molecular weight excluding hydrogens is 263 g/mol. The molecule has 1 aromatic rings. The third-order valence-electron chi connectivity index (χ3n) is 2.37. The molecule has 0 unspecified atom stereocenters. The number of methoxy groups -OCH3 is 1. The minimum absolute atomic E-state index is 0.0519. The molecule has 102 valence electrons. The van der Waals surface area contributed by atoms with Gasteiger partial charge in [-0.1, -0.05) is 6.92 Å². The number of carbonyl (C=O) groups is 1. The van der Waals surface area contributed by atoms with Gasteiger partial charge in [-0.3, -0.25) is 0 Å². The quantitative estimate of drug-likeness (QED) is 0.794. The van der Waals surface area contributed by atoms with Gasteiger partial charge in [0.25, 0.3) is 0 Å². The monoisotopic (exact) mass is 273 g/mol. The number of alkyl halides is 3. The van der Waals surface area contributed by atoms with Crippen LogP contribution in [0, 0.1) is 11.3 Å². The Morgan fingerprint density at radius 1 is 1.42 bits per heavy atom. The van der Waals surface area contributed by atoms with Crippen LogP contribution in [0.2, 0.25) is 0 Å². The van der Waals surface area contributed by atoms with Crippen LogP contribution in [0.4, 0.5) is 13.2 Å². The maximum absolute atomic E-state index is 12.2. The van der Waals surface area contributed by atoms with Gasteiger partial charge in [-0.15, -0.1) is 13.2 Å². The minimum atomic E-state index is -4.90. The third-order valence-corrected chi connectivity index (χ3v) is 2.37. The van der Waals surface area contributed by atoms with Crippen LogP contribution < -0.4 is 4.74 Å². The van der Waals surface area contributed by atoms with Gasteiger partial charge in [0, 0.05) is 0 Å². The molecule has 7 heteroatoms. The summed E-state index contributed by atoms with van der Waals surface area (Å²) in [7, 11) is 1.15. The van der Waals surface area contributed by atoms with Gasteiger partial charge in [0.05, 0.1) is 18.2 Å². The molecule has 1 rings (SSSR count). The molecule has 0 spiro atoms. The highest BCUT2D eigenvalue weighted by Crippen LogP contribution is 2.30. The van der Waals surface area contributed by atoms with Crippen LogP contribution in [0.3, 0.4) is 0 Å². The highest BCUT2D eigenvalue weighted by molar-refractivity contribution is 5.92. The standard InChI is InChI=1S/C12H10F3NO3/c1-3-7-8(11(17)18-2)4-5-10(9(7)6-16)19-12(13,14)15/h4-5H,3H2,1-2H3. The fourth-order valence-corrected chi connectivity index (χ4v) is 1.63. The van der Waals surface area contributed by atoms with Crippen LogP contribution in [0.25, 0.3) is 0 Å². The summed E-state index contributed by atoms with van der Waals surface area (Å²) in [6.07, 6.45) is -4.70. The maximum atomic E-state index is 12.2. The number of nitriles is 1. The van der Waals surface area contributed by atoms with Crippen molar-refractivity contribution in [3.05, 3.63) is 28.8 Å². The van der Waals surface area contributed by atoms with Crippen LogP contribution in [-0.4, -0.2) is 19.4 Å². The molecule has 0 aliphatic rings. The lowest BCUT2D eigenvalue weighted by Crippen LogP contribution is -2.19. The first-order valence-corrected chi connectivity index (χ1v) is 5.24. The number of hydrogen-bond acceptors (Lipinski definition) is 4. The van der Waals surface area contributed by atoms with Crippen molar-refractivity contribution in [3.63, 3.8) is 0 Å². The summed E-state index contributed by atoms with van der Waals surface area (Å²) < 4.78 is 44.9. The molecule has 0 atom stereocenters. The van der Waals surface area contributed by atoms with E-state index in [9.17, 15) is 18.0 Å². The van der Waals surface area contributed by atoms with Gasteiger partial charge in [0.15, 0.2) is 0 Å². The summed E-state index contributed by atoms with van der Waals surface area (Å²) in [6, 6.07) is 3.70. The van der Waals surface area contributed by atoms with Gasteiger partial charge in [0.2, 0.25) is 0 Å². The Morgan fingerprint density at radius 3 is 2.47 bits per heavy atom. The van der Waals surface area contributed by atoms with E-state index in [4.69, 9.17) is 5.26 Å². The number of rotatable bonds is 3. The predicted octanol–water partition coefficient (Wildman–Crippen LogP) is 2.81. The summed E-state index contributed by atoms with van der Waals surface area (Å²) in [6.45, 7) is 1.61. The van der Waals surface area contributed by atoms with Crippen molar-refractivity contribution in [2.45, 2.75) is 19.7 Å². The second-order valence-corrected chi connectivity index (χ2v) is 3.47. The van der Waals surface area contributed by atoms with Crippen LogP contribution in [0.5, 0.6) is 5.75 Å². The predicted molar refractivity (Wildman–Crippen MR) is 58.6 cm³/mol. The van der Waals surface area contributed by atoms with Crippen molar-refractivity contribution in [2.75, 3.05) is 7.11 Å². The average molecular weight is 273 g/mol. The number of halogens is 3. The molecule has 0 saturated carbocycles. The smallest absolute Gasteiger partial charge is 0.465 e. The zero-order valence-corrected chi connectivity index (χ0v) is 10.2. The second kappa shape index (κ2) is 5.61. The largest absolute Gasteiger partial charge is 0.573 e. The Labute approximate surface area is 107 Å². The zero-order valence-electron chi connectivity index (χ0n) is 10.2.